The predicted molar refractivity (Wildman–Crippen MR) is 185 cm³/mol. The molecule has 4 atom stereocenters. The van der Waals surface area contributed by atoms with Gasteiger partial charge in [-0.05, 0) is 38.7 Å². The number of hydrogen-bond acceptors (Lipinski definition) is 9. The number of nitrogens with one attached hydrogen (secondary N) is 4. The predicted octanol–water partition coefficient (Wildman–Crippen LogP) is 1.50. The largest absolute Gasteiger partial charge is 0.345 e. The second-order valence-corrected chi connectivity index (χ2v) is 13.5. The topological polar surface area (TPSA) is 171 Å². The number of carbonyl (C=O) groups excluding carboxylic acids is 5. The van der Waals surface area contributed by atoms with Gasteiger partial charge in [0.25, 0.3) is 5.91 Å². The Kier molecular flexibility index (Phi) is 13.0. The number of hydrogen-bond donors (Lipinski definition) is 4. The van der Waals surface area contributed by atoms with Gasteiger partial charge >= 0.3 is 0 Å². The molecule has 2 aromatic heterocycles. The minimum atomic E-state index is -0.986. The Hall–Kier alpha value is -4.63. The molecule has 4 rings (SSSR count). The quantitative estimate of drug-likeness (QED) is 0.301. The second kappa shape index (κ2) is 17.2. The third-order valence-electron chi connectivity index (χ3n) is 8.39. The maximum absolute atomic E-state index is 13.7. The number of thiazole rings is 1. The van der Waals surface area contributed by atoms with Crippen molar-refractivity contribution in [3.63, 3.8) is 0 Å². The molecule has 0 fully saturated rings. The Morgan fingerprint density at radius 2 is 1.67 bits per heavy atom. The highest BCUT2D eigenvalue weighted by Gasteiger charge is 2.31. The van der Waals surface area contributed by atoms with E-state index in [0.717, 1.165) is 11.4 Å². The van der Waals surface area contributed by atoms with Gasteiger partial charge in [0, 0.05) is 44.5 Å². The normalized spacial score (nSPS) is 22.6. The van der Waals surface area contributed by atoms with Crippen LogP contribution in [0.15, 0.2) is 48.1 Å². The van der Waals surface area contributed by atoms with Crippen molar-refractivity contribution in [2.75, 3.05) is 26.7 Å². The van der Waals surface area contributed by atoms with Crippen LogP contribution in [-0.4, -0.2) is 98.7 Å². The standard InChI is InChI=1S/C34H47N9O5S/c1-7-43-14-13-35-27(43)18-42-16-15-41(6)34(48)23(5)37-32(47)29(21(2)3)40-30(45)22(4)36-31(46)26-20-49-33(39-26)25(38-28(44)19-42)17-24-11-9-8-10-12-24/h8-14,20-23,25,29H,7,15-19H2,1-6H3,(H,36,46)(H,37,47)(H,38,44)(H,40,45)/t22-,23+,25-,29-/m0/s1. The molecule has 3 aromatic rings. The molecule has 5 amide bonds. The molecule has 0 saturated heterocycles. The first kappa shape index (κ1) is 37.2. The summed E-state index contributed by atoms with van der Waals surface area (Å²) in [6.45, 7) is 10.4. The number of amides is 5. The summed E-state index contributed by atoms with van der Waals surface area (Å²) in [7, 11) is 1.65. The molecule has 4 N–H and O–H groups in total. The van der Waals surface area contributed by atoms with E-state index in [4.69, 9.17) is 0 Å². The average molecular weight is 694 g/mol. The van der Waals surface area contributed by atoms with Crippen molar-refractivity contribution < 1.29 is 24.0 Å². The Morgan fingerprint density at radius 3 is 2.37 bits per heavy atom. The summed E-state index contributed by atoms with van der Waals surface area (Å²) in [5.74, 6) is -1.74. The van der Waals surface area contributed by atoms with Crippen molar-refractivity contribution >= 4 is 40.9 Å². The van der Waals surface area contributed by atoms with Crippen LogP contribution in [0, 0.1) is 5.92 Å². The van der Waals surface area contributed by atoms with E-state index in [1.54, 1.807) is 39.4 Å². The van der Waals surface area contributed by atoms with Crippen molar-refractivity contribution in [1.82, 2.24) is 45.6 Å². The molecular formula is C34H47N9O5S. The summed E-state index contributed by atoms with van der Waals surface area (Å²) in [6, 6.07) is 6.32. The lowest BCUT2D eigenvalue weighted by Crippen LogP contribution is -2.57. The number of carbonyl (C=O) groups is 5. The van der Waals surface area contributed by atoms with Gasteiger partial charge in [0.2, 0.25) is 23.6 Å². The minimum absolute atomic E-state index is 0.0102. The van der Waals surface area contributed by atoms with E-state index in [9.17, 15) is 24.0 Å². The zero-order valence-corrected chi connectivity index (χ0v) is 29.8. The first-order chi connectivity index (χ1) is 23.4. The number of benzene rings is 1. The molecule has 2 bridgehead atoms. The number of nitrogens with zero attached hydrogens (tertiary/aromatic N) is 5. The summed E-state index contributed by atoms with van der Waals surface area (Å²) >= 11 is 1.24. The van der Waals surface area contributed by atoms with Crippen LogP contribution in [0.3, 0.4) is 0 Å². The van der Waals surface area contributed by atoms with E-state index in [1.165, 1.54) is 23.2 Å². The Morgan fingerprint density at radius 1 is 0.939 bits per heavy atom. The lowest BCUT2D eigenvalue weighted by atomic mass is 10.0. The van der Waals surface area contributed by atoms with E-state index in [-0.39, 0.29) is 36.5 Å². The molecule has 0 aliphatic carbocycles. The summed E-state index contributed by atoms with van der Waals surface area (Å²) in [5, 5.41) is 13.4. The van der Waals surface area contributed by atoms with Crippen LogP contribution in [-0.2, 0) is 38.7 Å². The number of fused-ring (bicyclic) bond motifs is 2. The van der Waals surface area contributed by atoms with Gasteiger partial charge in [0.05, 0.1) is 19.1 Å². The second-order valence-electron chi connectivity index (χ2n) is 12.6. The fourth-order valence-electron chi connectivity index (χ4n) is 5.48. The molecule has 0 unspecified atom stereocenters. The van der Waals surface area contributed by atoms with E-state index in [2.05, 4.69) is 31.2 Å². The van der Waals surface area contributed by atoms with Crippen LogP contribution in [0.2, 0.25) is 0 Å². The average Bonchev–Trinajstić information content (AvgIpc) is 3.75. The monoisotopic (exact) mass is 693 g/mol. The van der Waals surface area contributed by atoms with Gasteiger partial charge in [-0.25, -0.2) is 9.97 Å². The molecule has 0 radical (unpaired) electrons. The van der Waals surface area contributed by atoms with Gasteiger partial charge in [0.15, 0.2) is 0 Å². The summed E-state index contributed by atoms with van der Waals surface area (Å²) in [5.41, 5.74) is 1.09. The van der Waals surface area contributed by atoms with Crippen molar-refractivity contribution in [1.29, 1.82) is 0 Å². The van der Waals surface area contributed by atoms with E-state index < -0.39 is 41.9 Å². The molecule has 0 spiro atoms. The first-order valence-electron chi connectivity index (χ1n) is 16.5. The van der Waals surface area contributed by atoms with Crippen LogP contribution >= 0.6 is 11.3 Å². The van der Waals surface area contributed by atoms with Crippen LogP contribution in [0.5, 0.6) is 0 Å². The third-order valence-corrected chi connectivity index (χ3v) is 9.35. The Bertz CT molecular complexity index is 1610. The Balaban J connectivity index is 1.66. The molecule has 49 heavy (non-hydrogen) atoms. The van der Waals surface area contributed by atoms with Gasteiger partial charge in [-0.3, -0.25) is 28.9 Å². The molecule has 264 valence electrons. The van der Waals surface area contributed by atoms with Crippen LogP contribution in [0.25, 0.3) is 0 Å². The number of rotatable bonds is 6. The van der Waals surface area contributed by atoms with E-state index in [0.29, 0.717) is 31.1 Å². The first-order valence-corrected chi connectivity index (χ1v) is 17.4. The SMILES string of the molecule is CCn1ccnc1CN1CCN(C)C(=O)[C@@H](C)NC(=O)[C@H](C(C)C)NC(=O)[C@H](C)NC(=O)c2csc(n2)[C@H](Cc2ccccc2)NC(=O)C1. The fourth-order valence-corrected chi connectivity index (χ4v) is 6.33. The van der Waals surface area contributed by atoms with Gasteiger partial charge in [-0.2, -0.15) is 0 Å². The van der Waals surface area contributed by atoms with Crippen LogP contribution < -0.4 is 21.3 Å². The van der Waals surface area contributed by atoms with Gasteiger partial charge in [-0.15, -0.1) is 11.3 Å². The smallest absolute Gasteiger partial charge is 0.271 e. The zero-order chi connectivity index (χ0) is 35.7. The molecule has 14 nitrogen and oxygen atoms in total. The van der Waals surface area contributed by atoms with E-state index in [1.807, 2.05) is 52.9 Å². The summed E-state index contributed by atoms with van der Waals surface area (Å²) < 4.78 is 2.00. The number of likely N-dealkylation sites (N-methyl/N-ethyl adjacent to an activating group) is 1. The van der Waals surface area contributed by atoms with Crippen LogP contribution in [0.1, 0.15) is 67.5 Å². The van der Waals surface area contributed by atoms with Gasteiger partial charge in [0.1, 0.15) is 34.7 Å². The number of imidazole rings is 1. The minimum Gasteiger partial charge on any atom is -0.345 e. The molecule has 3 heterocycles. The van der Waals surface area contributed by atoms with Crippen molar-refractivity contribution in [2.45, 2.75) is 78.3 Å². The van der Waals surface area contributed by atoms with E-state index >= 15 is 0 Å². The molecule has 15 heteroatoms. The highest BCUT2D eigenvalue weighted by atomic mass is 32.1. The third kappa shape index (κ3) is 10.2. The Labute approximate surface area is 291 Å². The highest BCUT2D eigenvalue weighted by Crippen LogP contribution is 2.23. The molecule has 1 aromatic carbocycles. The van der Waals surface area contributed by atoms with Crippen molar-refractivity contribution in [3.05, 3.63) is 70.2 Å². The summed E-state index contributed by atoms with van der Waals surface area (Å²) in [6.07, 6.45) is 4.03. The lowest BCUT2D eigenvalue weighted by Gasteiger charge is -2.29. The number of aryl methyl sites for hydroxylation is 1. The maximum Gasteiger partial charge on any atom is 0.271 e. The number of aromatic nitrogens is 3. The molecule has 1 aliphatic rings. The van der Waals surface area contributed by atoms with Gasteiger partial charge < -0.3 is 30.7 Å². The molecule has 1 aliphatic heterocycles. The molecule has 0 saturated carbocycles. The van der Waals surface area contributed by atoms with Crippen LogP contribution in [0.4, 0.5) is 0 Å². The van der Waals surface area contributed by atoms with Crippen molar-refractivity contribution in [2.24, 2.45) is 5.92 Å². The van der Waals surface area contributed by atoms with Crippen molar-refractivity contribution in [3.8, 4) is 0 Å². The maximum atomic E-state index is 13.7. The molecular weight excluding hydrogens is 646 g/mol. The lowest BCUT2D eigenvalue weighted by molar-refractivity contribution is -0.136. The fraction of sp³-hybridized carbons (Fsp3) is 0.500. The van der Waals surface area contributed by atoms with Gasteiger partial charge in [-0.1, -0.05) is 44.2 Å². The summed E-state index contributed by atoms with van der Waals surface area (Å²) in [4.78, 5) is 79.2. The zero-order valence-electron chi connectivity index (χ0n) is 28.9. The highest BCUT2D eigenvalue weighted by molar-refractivity contribution is 7.09.